The van der Waals surface area contributed by atoms with Crippen molar-refractivity contribution >= 4 is 41.2 Å². The van der Waals surface area contributed by atoms with Gasteiger partial charge >= 0.3 is 6.09 Å². The Morgan fingerprint density at radius 1 is 1.31 bits per heavy atom. The summed E-state index contributed by atoms with van der Waals surface area (Å²) in [6.45, 7) is 11.1. The zero-order valence-corrected chi connectivity index (χ0v) is 20.8. The fourth-order valence-electron chi connectivity index (χ4n) is 3.65. The predicted molar refractivity (Wildman–Crippen MR) is 129 cm³/mol. The number of carbonyl (C=O) groups excluding carboxylic acids is 1. The van der Waals surface area contributed by atoms with Crippen molar-refractivity contribution in [2.45, 2.75) is 64.3 Å². The summed E-state index contributed by atoms with van der Waals surface area (Å²) in [5, 5.41) is 3.59. The molecule has 0 aliphatic carbocycles. The van der Waals surface area contributed by atoms with Crippen molar-refractivity contribution < 1.29 is 9.53 Å². The highest BCUT2D eigenvalue weighted by atomic mass is 32.2. The molecule has 3 rings (SSSR count). The lowest BCUT2D eigenvalue weighted by atomic mass is 10.1. The first-order valence-corrected chi connectivity index (χ1v) is 12.2. The minimum absolute atomic E-state index is 0.0708. The number of rotatable bonds is 5. The number of thioether (sulfide) groups is 1. The first-order chi connectivity index (χ1) is 15.0. The van der Waals surface area contributed by atoms with Crippen LogP contribution in [0.3, 0.4) is 0 Å². The van der Waals surface area contributed by atoms with Gasteiger partial charge < -0.3 is 15.0 Å². The molecule has 1 saturated heterocycles. The average Bonchev–Trinajstić information content (AvgIpc) is 3.06. The molecule has 2 aromatic heterocycles. The molecule has 1 N–H and O–H groups in total. The van der Waals surface area contributed by atoms with Gasteiger partial charge in [0.05, 0.1) is 0 Å². The third-order valence-corrected chi connectivity index (χ3v) is 5.83. The molecule has 1 atom stereocenters. The molecule has 1 unspecified atom stereocenters. The number of hydrogen-bond donors (Lipinski definition) is 1. The highest BCUT2D eigenvalue weighted by Gasteiger charge is 2.28. The number of ether oxygens (including phenoxy) is 1. The van der Waals surface area contributed by atoms with Crippen molar-refractivity contribution in [1.82, 2.24) is 24.4 Å². The first kappa shape index (κ1) is 24.2. The lowest BCUT2D eigenvalue weighted by Crippen LogP contribution is -2.49. The number of hydrogen-bond acceptors (Lipinski definition) is 7. The summed E-state index contributed by atoms with van der Waals surface area (Å²) < 4.78 is 8.81. The number of nitrogens with one attached hydrogen (secondary N) is 1. The summed E-state index contributed by atoms with van der Waals surface area (Å²) in [6, 6.07) is -0.0708. The van der Waals surface area contributed by atoms with Crippen molar-refractivity contribution in [3.8, 4) is 0 Å². The number of nitrogens with zero attached hydrogens (tertiary/aromatic N) is 5. The number of carbonyl (C=O) groups is 1. The van der Waals surface area contributed by atoms with E-state index >= 15 is 0 Å². The van der Waals surface area contributed by atoms with Gasteiger partial charge in [-0.05, 0) is 45.8 Å². The monoisotopic (exact) mass is 462 g/mol. The van der Waals surface area contributed by atoms with E-state index in [1.807, 2.05) is 43.9 Å². The summed E-state index contributed by atoms with van der Waals surface area (Å²) in [6.07, 6.45) is 7.15. The molecule has 32 heavy (non-hydrogen) atoms. The fraction of sp³-hybridized carbons (Fsp3) is 0.636. The summed E-state index contributed by atoms with van der Waals surface area (Å²) in [5.41, 5.74) is 0.212. The van der Waals surface area contributed by atoms with Crippen LogP contribution in [0.4, 0.5) is 10.7 Å². The molecule has 0 saturated carbocycles. The highest BCUT2D eigenvalue weighted by Crippen LogP contribution is 2.25. The minimum Gasteiger partial charge on any atom is -0.444 e. The molecule has 1 aliphatic heterocycles. The third kappa shape index (κ3) is 5.46. The van der Waals surface area contributed by atoms with Crippen LogP contribution in [0.5, 0.6) is 0 Å². The van der Waals surface area contributed by atoms with Crippen molar-refractivity contribution in [3.05, 3.63) is 16.4 Å². The zero-order chi connectivity index (χ0) is 23.6. The smallest absolute Gasteiger partial charge is 0.407 e. The SMILES string of the molecule is CSc1nc2nc(N3CCCC(NC(=O)OC(C)(C)C)C3)n(C=CC(C)C)c2c(=O)n1C. The van der Waals surface area contributed by atoms with Gasteiger partial charge in [-0.25, -0.2) is 9.78 Å². The Morgan fingerprint density at radius 3 is 2.66 bits per heavy atom. The van der Waals surface area contributed by atoms with Gasteiger partial charge in [-0.3, -0.25) is 13.9 Å². The average molecular weight is 463 g/mol. The second kappa shape index (κ2) is 9.56. The Morgan fingerprint density at radius 2 is 2.03 bits per heavy atom. The van der Waals surface area contributed by atoms with Crippen LogP contribution in [0, 0.1) is 5.92 Å². The predicted octanol–water partition coefficient (Wildman–Crippen LogP) is 3.47. The van der Waals surface area contributed by atoms with Gasteiger partial charge in [-0.15, -0.1) is 0 Å². The molecule has 0 radical (unpaired) electrons. The van der Waals surface area contributed by atoms with E-state index < -0.39 is 11.7 Å². The Labute approximate surface area is 193 Å². The van der Waals surface area contributed by atoms with E-state index in [9.17, 15) is 9.59 Å². The van der Waals surface area contributed by atoms with Crippen LogP contribution < -0.4 is 15.8 Å². The number of piperidine rings is 1. The van der Waals surface area contributed by atoms with E-state index in [0.717, 1.165) is 19.4 Å². The lowest BCUT2D eigenvalue weighted by molar-refractivity contribution is 0.0500. The van der Waals surface area contributed by atoms with Crippen LogP contribution in [0.1, 0.15) is 47.5 Å². The second-order valence-corrected chi connectivity index (χ2v) is 10.2. The minimum atomic E-state index is -0.547. The van der Waals surface area contributed by atoms with Crippen molar-refractivity contribution in [2.24, 2.45) is 13.0 Å². The Balaban J connectivity index is 1.98. The summed E-state index contributed by atoms with van der Waals surface area (Å²) in [4.78, 5) is 36.9. The molecule has 9 nitrogen and oxygen atoms in total. The van der Waals surface area contributed by atoms with Gasteiger partial charge in [-0.1, -0.05) is 31.7 Å². The van der Waals surface area contributed by atoms with Crippen molar-refractivity contribution in [1.29, 1.82) is 0 Å². The van der Waals surface area contributed by atoms with E-state index in [0.29, 0.717) is 34.7 Å². The third-order valence-electron chi connectivity index (χ3n) is 5.10. The molecule has 1 fully saturated rings. The zero-order valence-electron chi connectivity index (χ0n) is 20.0. The number of aromatic nitrogens is 4. The molecular formula is C22H34N6O3S. The highest BCUT2D eigenvalue weighted by molar-refractivity contribution is 7.98. The quantitative estimate of drug-likeness (QED) is 0.537. The fourth-order valence-corrected chi connectivity index (χ4v) is 4.19. The topological polar surface area (TPSA) is 94.3 Å². The molecule has 2 aromatic rings. The van der Waals surface area contributed by atoms with Gasteiger partial charge in [0.1, 0.15) is 5.60 Å². The van der Waals surface area contributed by atoms with E-state index in [1.54, 1.807) is 11.6 Å². The van der Waals surface area contributed by atoms with Crippen LogP contribution in [0.25, 0.3) is 17.4 Å². The van der Waals surface area contributed by atoms with E-state index in [-0.39, 0.29) is 11.6 Å². The molecule has 0 bridgehead atoms. The number of allylic oxidation sites excluding steroid dienone is 1. The van der Waals surface area contributed by atoms with Crippen LogP contribution in [-0.2, 0) is 11.8 Å². The normalized spacial score (nSPS) is 17.5. The molecule has 10 heteroatoms. The molecule has 0 spiro atoms. The van der Waals surface area contributed by atoms with Crippen LogP contribution in [0.2, 0.25) is 0 Å². The molecule has 176 valence electrons. The first-order valence-electron chi connectivity index (χ1n) is 11.0. The number of amides is 1. The van der Waals surface area contributed by atoms with Crippen molar-refractivity contribution in [3.63, 3.8) is 0 Å². The maximum Gasteiger partial charge on any atom is 0.407 e. The van der Waals surface area contributed by atoms with E-state index in [1.165, 1.54) is 11.8 Å². The Hall–Kier alpha value is -2.49. The number of fused-ring (bicyclic) bond motifs is 1. The van der Waals surface area contributed by atoms with Gasteiger partial charge in [-0.2, -0.15) is 4.98 Å². The van der Waals surface area contributed by atoms with Crippen LogP contribution in [-0.4, -0.2) is 56.2 Å². The lowest BCUT2D eigenvalue weighted by Gasteiger charge is -2.34. The molecule has 3 heterocycles. The Kier molecular flexibility index (Phi) is 7.22. The van der Waals surface area contributed by atoms with Crippen molar-refractivity contribution in [2.75, 3.05) is 24.2 Å². The summed E-state index contributed by atoms with van der Waals surface area (Å²) >= 11 is 1.41. The maximum absolute atomic E-state index is 13.1. The molecule has 0 aromatic carbocycles. The van der Waals surface area contributed by atoms with E-state index in [4.69, 9.17) is 9.72 Å². The number of imidazole rings is 1. The Bertz CT molecular complexity index is 1070. The van der Waals surface area contributed by atoms with Crippen LogP contribution in [0.15, 0.2) is 16.0 Å². The standard InChI is InChI=1S/C22H34N6O3S/c1-14(2)10-12-28-16-17(25-20(32-7)26(6)18(16)29)24-19(28)27-11-8-9-15(13-27)23-21(30)31-22(3,4)5/h10,12,14-15H,8-9,11,13H2,1-7H3,(H,23,30). The van der Waals surface area contributed by atoms with Gasteiger partial charge in [0.15, 0.2) is 16.3 Å². The largest absolute Gasteiger partial charge is 0.444 e. The number of anilines is 1. The summed E-state index contributed by atoms with van der Waals surface area (Å²) in [7, 11) is 1.73. The summed E-state index contributed by atoms with van der Waals surface area (Å²) in [5.74, 6) is 0.973. The van der Waals surface area contributed by atoms with E-state index in [2.05, 4.69) is 29.0 Å². The molecular weight excluding hydrogens is 428 g/mol. The second-order valence-electron chi connectivity index (χ2n) is 9.43. The molecule has 1 aliphatic rings. The van der Waals surface area contributed by atoms with Gasteiger partial charge in [0.2, 0.25) is 5.95 Å². The van der Waals surface area contributed by atoms with Crippen LogP contribution >= 0.6 is 11.8 Å². The maximum atomic E-state index is 13.1. The molecule has 1 amide bonds. The van der Waals surface area contributed by atoms with Gasteiger partial charge in [0.25, 0.3) is 5.56 Å². The number of alkyl carbamates (subject to hydrolysis) is 1. The van der Waals surface area contributed by atoms with Gasteiger partial charge in [0, 0.05) is 32.4 Å².